The molecule has 5 rings (SSSR count). The largest absolute Gasteiger partial charge is 0.454 e. The highest BCUT2D eigenvalue weighted by atomic mass is 32.1. The third kappa shape index (κ3) is 2.84. The van der Waals surface area contributed by atoms with Crippen molar-refractivity contribution in [2.75, 3.05) is 38.4 Å². The summed E-state index contributed by atoms with van der Waals surface area (Å²) in [6, 6.07) is 5.20. The number of hydrogen-bond donors (Lipinski definition) is 0. The lowest BCUT2D eigenvalue weighted by molar-refractivity contribution is -0.118. The molecule has 2 aromatic rings. The number of hydrogen-bond acceptors (Lipinski definition) is 6. The summed E-state index contributed by atoms with van der Waals surface area (Å²) in [5.74, 6) is 0.921. The van der Waals surface area contributed by atoms with Crippen molar-refractivity contribution in [3.8, 4) is 11.5 Å². The second-order valence-electron chi connectivity index (χ2n) is 7.53. The fraction of sp³-hybridized carbons (Fsp3) is 0.381. The number of benzene rings is 1. The molecule has 0 fully saturated rings. The van der Waals surface area contributed by atoms with Crippen molar-refractivity contribution in [1.29, 1.82) is 0 Å². The summed E-state index contributed by atoms with van der Waals surface area (Å²) in [5, 5.41) is 0.708. The molecule has 8 nitrogen and oxygen atoms in total. The van der Waals surface area contributed by atoms with Crippen LogP contribution in [-0.2, 0) is 17.8 Å². The minimum atomic E-state index is -0.123. The second kappa shape index (κ2) is 7.02. The van der Waals surface area contributed by atoms with E-state index in [4.69, 9.17) is 9.47 Å². The highest BCUT2D eigenvalue weighted by molar-refractivity contribution is 7.17. The Morgan fingerprint density at radius 3 is 2.77 bits per heavy atom. The lowest BCUT2D eigenvalue weighted by Crippen LogP contribution is -2.38. The van der Waals surface area contributed by atoms with Gasteiger partial charge in [0.15, 0.2) is 11.5 Å². The van der Waals surface area contributed by atoms with Gasteiger partial charge in [0, 0.05) is 30.6 Å². The topological polar surface area (TPSA) is 79.4 Å². The van der Waals surface area contributed by atoms with E-state index in [-0.39, 0.29) is 31.1 Å². The van der Waals surface area contributed by atoms with Crippen LogP contribution in [0, 0.1) is 0 Å². The number of nitrogens with zero attached hydrogens (tertiary/aromatic N) is 3. The van der Waals surface area contributed by atoms with Gasteiger partial charge in [-0.3, -0.25) is 14.4 Å². The summed E-state index contributed by atoms with van der Waals surface area (Å²) < 4.78 is 10.7. The standard InChI is InChI=1S/C21H21N3O5S/c1-3-24-17(25)10-22(2)20(27)18-13-6-7-23(9-16(13)30-21(18)24)19(26)12-4-5-14-15(8-12)29-11-28-14/h4-5,8H,3,6-7,9-11H2,1-2H3. The van der Waals surface area contributed by atoms with E-state index in [1.54, 1.807) is 35.0 Å². The van der Waals surface area contributed by atoms with Crippen LogP contribution in [0.15, 0.2) is 18.2 Å². The molecule has 3 aliphatic rings. The zero-order valence-corrected chi connectivity index (χ0v) is 17.6. The summed E-state index contributed by atoms with van der Waals surface area (Å²) >= 11 is 1.45. The first-order valence-corrected chi connectivity index (χ1v) is 10.7. The Balaban J connectivity index is 1.47. The molecule has 3 amide bonds. The van der Waals surface area contributed by atoms with Gasteiger partial charge in [-0.05, 0) is 37.1 Å². The number of ether oxygens (including phenoxy) is 2. The summed E-state index contributed by atoms with van der Waals surface area (Å²) in [5.41, 5.74) is 2.14. The smallest absolute Gasteiger partial charge is 0.257 e. The zero-order valence-electron chi connectivity index (χ0n) is 16.8. The Bertz CT molecular complexity index is 1080. The number of carbonyl (C=O) groups excluding carboxylic acids is 3. The number of thiophene rings is 1. The molecule has 0 N–H and O–H groups in total. The van der Waals surface area contributed by atoms with E-state index in [2.05, 4.69) is 0 Å². The predicted octanol–water partition coefficient (Wildman–Crippen LogP) is 2.11. The number of carbonyl (C=O) groups is 3. The first-order chi connectivity index (χ1) is 14.5. The molecule has 0 spiro atoms. The quantitative estimate of drug-likeness (QED) is 0.734. The van der Waals surface area contributed by atoms with Gasteiger partial charge in [-0.25, -0.2) is 0 Å². The second-order valence-corrected chi connectivity index (χ2v) is 8.61. The SMILES string of the molecule is CCN1C(=O)CN(C)C(=O)c2c1sc1c2CCN(C(=O)c2ccc3c(c2)OCO3)C1. The molecule has 9 heteroatoms. The molecule has 0 radical (unpaired) electrons. The van der Waals surface area contributed by atoms with Gasteiger partial charge in [-0.15, -0.1) is 11.3 Å². The number of likely N-dealkylation sites (N-methyl/N-ethyl adjacent to an activating group) is 2. The first-order valence-electron chi connectivity index (χ1n) is 9.87. The van der Waals surface area contributed by atoms with Gasteiger partial charge in [0.25, 0.3) is 11.8 Å². The van der Waals surface area contributed by atoms with Gasteiger partial charge in [0.2, 0.25) is 12.7 Å². The number of rotatable bonds is 2. The predicted molar refractivity (Wildman–Crippen MR) is 110 cm³/mol. The highest BCUT2D eigenvalue weighted by Crippen LogP contribution is 2.41. The van der Waals surface area contributed by atoms with Gasteiger partial charge in [0.1, 0.15) is 11.5 Å². The molecule has 0 aliphatic carbocycles. The van der Waals surface area contributed by atoms with Crippen molar-refractivity contribution in [1.82, 2.24) is 9.80 Å². The summed E-state index contributed by atoms with van der Waals surface area (Å²) in [7, 11) is 1.66. The monoisotopic (exact) mass is 427 g/mol. The van der Waals surface area contributed by atoms with Crippen LogP contribution in [0.2, 0.25) is 0 Å². The maximum absolute atomic E-state index is 13.1. The van der Waals surface area contributed by atoms with Crippen LogP contribution < -0.4 is 14.4 Å². The zero-order chi connectivity index (χ0) is 21.0. The molecule has 4 heterocycles. The lowest BCUT2D eigenvalue weighted by atomic mass is 10.0. The normalized spacial score (nSPS) is 17.7. The molecule has 0 bridgehead atoms. The Labute approximate surface area is 177 Å². The third-order valence-electron chi connectivity index (χ3n) is 5.74. The van der Waals surface area contributed by atoms with E-state index in [1.165, 1.54) is 16.2 Å². The van der Waals surface area contributed by atoms with Gasteiger partial charge in [-0.2, -0.15) is 0 Å². The van der Waals surface area contributed by atoms with Gasteiger partial charge < -0.3 is 24.2 Å². The Morgan fingerprint density at radius 1 is 1.17 bits per heavy atom. The van der Waals surface area contributed by atoms with Crippen molar-refractivity contribution in [3.63, 3.8) is 0 Å². The van der Waals surface area contributed by atoms with Crippen LogP contribution in [0.1, 0.15) is 38.1 Å². The van der Waals surface area contributed by atoms with Gasteiger partial charge in [0.05, 0.1) is 12.1 Å². The maximum atomic E-state index is 13.1. The van der Waals surface area contributed by atoms with E-state index in [0.717, 1.165) is 10.4 Å². The minimum Gasteiger partial charge on any atom is -0.454 e. The van der Waals surface area contributed by atoms with E-state index in [9.17, 15) is 14.4 Å². The Hall–Kier alpha value is -3.07. The van der Waals surface area contributed by atoms with E-state index in [1.807, 2.05) is 6.92 Å². The van der Waals surface area contributed by atoms with Crippen molar-refractivity contribution in [2.45, 2.75) is 19.9 Å². The number of amides is 3. The van der Waals surface area contributed by atoms with Crippen LogP contribution in [0.3, 0.4) is 0 Å². The molecule has 3 aliphatic heterocycles. The van der Waals surface area contributed by atoms with Crippen LogP contribution in [0.25, 0.3) is 0 Å². The molecule has 0 saturated carbocycles. The third-order valence-corrected chi connectivity index (χ3v) is 6.98. The molecule has 1 aromatic carbocycles. The van der Waals surface area contributed by atoms with Gasteiger partial charge in [-0.1, -0.05) is 0 Å². The van der Waals surface area contributed by atoms with Crippen molar-refractivity contribution >= 4 is 34.1 Å². The molecule has 156 valence electrons. The van der Waals surface area contributed by atoms with Gasteiger partial charge >= 0.3 is 0 Å². The fourth-order valence-electron chi connectivity index (χ4n) is 4.17. The molecule has 1 aromatic heterocycles. The van der Waals surface area contributed by atoms with Crippen molar-refractivity contribution in [3.05, 3.63) is 39.8 Å². The molecule has 0 atom stereocenters. The Kier molecular flexibility index (Phi) is 4.43. The minimum absolute atomic E-state index is 0.0809. The average molecular weight is 427 g/mol. The van der Waals surface area contributed by atoms with E-state index in [0.29, 0.717) is 53.7 Å². The summed E-state index contributed by atoms with van der Waals surface area (Å²) in [6.45, 7) is 3.59. The van der Waals surface area contributed by atoms with Crippen LogP contribution in [0.5, 0.6) is 11.5 Å². The van der Waals surface area contributed by atoms with E-state index >= 15 is 0 Å². The van der Waals surface area contributed by atoms with E-state index < -0.39 is 0 Å². The number of anilines is 1. The van der Waals surface area contributed by atoms with Crippen LogP contribution >= 0.6 is 11.3 Å². The summed E-state index contributed by atoms with van der Waals surface area (Å²) in [6.07, 6.45) is 0.586. The maximum Gasteiger partial charge on any atom is 0.257 e. The first kappa shape index (κ1) is 18.9. The fourth-order valence-corrected chi connectivity index (χ4v) is 5.60. The molecule has 0 unspecified atom stereocenters. The molecule has 30 heavy (non-hydrogen) atoms. The molecule has 0 saturated heterocycles. The lowest BCUT2D eigenvalue weighted by Gasteiger charge is -2.27. The van der Waals surface area contributed by atoms with Crippen molar-refractivity contribution in [2.24, 2.45) is 0 Å². The van der Waals surface area contributed by atoms with Crippen LogP contribution in [0.4, 0.5) is 5.00 Å². The van der Waals surface area contributed by atoms with Crippen LogP contribution in [-0.4, -0.2) is 61.0 Å². The molecular weight excluding hydrogens is 406 g/mol. The highest BCUT2D eigenvalue weighted by Gasteiger charge is 2.37. The Morgan fingerprint density at radius 2 is 1.97 bits per heavy atom. The summed E-state index contributed by atoms with van der Waals surface area (Å²) in [4.78, 5) is 44.6. The number of fused-ring (bicyclic) bond motifs is 4. The van der Waals surface area contributed by atoms with Crippen molar-refractivity contribution < 1.29 is 23.9 Å². The average Bonchev–Trinajstić information content (AvgIpc) is 3.34. The molecular formula is C21H21N3O5S.